The molecular formula is C17H17NO2. The second-order valence-corrected chi connectivity index (χ2v) is 4.16. The number of para-hydroxylation sites is 2. The first-order valence-corrected chi connectivity index (χ1v) is 6.55. The van der Waals surface area contributed by atoms with Crippen LogP contribution in [0.15, 0.2) is 60.7 Å². The van der Waals surface area contributed by atoms with Crippen LogP contribution in [0.3, 0.4) is 0 Å². The lowest BCUT2D eigenvalue weighted by Crippen LogP contribution is -2.09. The lowest BCUT2D eigenvalue weighted by atomic mass is 10.2. The number of ether oxygens (including phenoxy) is 1. The van der Waals surface area contributed by atoms with Crippen LogP contribution in [0.25, 0.3) is 6.08 Å². The Kier molecular flexibility index (Phi) is 4.95. The van der Waals surface area contributed by atoms with Gasteiger partial charge in [-0.1, -0.05) is 42.5 Å². The standard InChI is InChI=1S/C17H17NO2/c1-2-20-16-11-7-6-10-15(16)18-17(19)13-12-14-8-4-3-5-9-14/h3-13H,2H2,1H3,(H,18,19). The maximum absolute atomic E-state index is 11.9. The van der Waals surface area contributed by atoms with E-state index in [0.29, 0.717) is 18.0 Å². The molecule has 0 radical (unpaired) electrons. The highest BCUT2D eigenvalue weighted by atomic mass is 16.5. The molecule has 2 aromatic rings. The molecule has 0 fully saturated rings. The normalized spacial score (nSPS) is 10.4. The molecule has 0 aromatic heterocycles. The minimum absolute atomic E-state index is 0.180. The third-order valence-electron chi connectivity index (χ3n) is 2.67. The molecule has 2 rings (SSSR count). The van der Waals surface area contributed by atoms with Crippen LogP contribution in [0, 0.1) is 0 Å². The number of carbonyl (C=O) groups is 1. The van der Waals surface area contributed by atoms with Crippen LogP contribution >= 0.6 is 0 Å². The fourth-order valence-electron chi connectivity index (χ4n) is 1.76. The number of hydrogen-bond acceptors (Lipinski definition) is 2. The van der Waals surface area contributed by atoms with Gasteiger partial charge in [-0.15, -0.1) is 0 Å². The summed E-state index contributed by atoms with van der Waals surface area (Å²) in [4.78, 5) is 11.9. The van der Waals surface area contributed by atoms with E-state index < -0.39 is 0 Å². The molecule has 0 saturated heterocycles. The van der Waals surface area contributed by atoms with E-state index in [1.165, 1.54) is 6.08 Å². The van der Waals surface area contributed by atoms with E-state index in [1.54, 1.807) is 6.08 Å². The van der Waals surface area contributed by atoms with Gasteiger partial charge in [0, 0.05) is 6.08 Å². The van der Waals surface area contributed by atoms with Crippen molar-refractivity contribution in [2.45, 2.75) is 6.92 Å². The zero-order valence-corrected chi connectivity index (χ0v) is 11.4. The Balaban J connectivity index is 2.03. The highest BCUT2D eigenvalue weighted by molar-refractivity contribution is 6.02. The molecule has 0 atom stereocenters. The summed E-state index contributed by atoms with van der Waals surface area (Å²) in [5, 5.41) is 2.81. The Morgan fingerprint density at radius 3 is 2.55 bits per heavy atom. The first-order valence-electron chi connectivity index (χ1n) is 6.55. The summed E-state index contributed by atoms with van der Waals surface area (Å²) in [5.74, 6) is 0.498. The molecule has 0 unspecified atom stereocenters. The van der Waals surface area contributed by atoms with E-state index in [-0.39, 0.29) is 5.91 Å². The number of carbonyl (C=O) groups excluding carboxylic acids is 1. The SMILES string of the molecule is CCOc1ccccc1NC(=O)C=Cc1ccccc1. The average molecular weight is 267 g/mol. The van der Waals surface area contributed by atoms with Gasteiger partial charge in [-0.2, -0.15) is 0 Å². The molecule has 3 heteroatoms. The fourth-order valence-corrected chi connectivity index (χ4v) is 1.76. The van der Waals surface area contributed by atoms with Crippen LogP contribution in [0.5, 0.6) is 5.75 Å². The minimum atomic E-state index is -0.180. The Morgan fingerprint density at radius 1 is 1.10 bits per heavy atom. The summed E-state index contributed by atoms with van der Waals surface area (Å²) in [5.41, 5.74) is 1.66. The lowest BCUT2D eigenvalue weighted by molar-refractivity contribution is -0.111. The largest absolute Gasteiger partial charge is 0.492 e. The molecule has 20 heavy (non-hydrogen) atoms. The van der Waals surface area contributed by atoms with Crippen molar-refractivity contribution in [1.29, 1.82) is 0 Å². The van der Waals surface area contributed by atoms with Crippen molar-refractivity contribution >= 4 is 17.7 Å². The third kappa shape index (κ3) is 3.99. The van der Waals surface area contributed by atoms with Gasteiger partial charge in [0.2, 0.25) is 5.91 Å². The molecule has 0 aliphatic carbocycles. The molecule has 1 N–H and O–H groups in total. The summed E-state index contributed by atoms with van der Waals surface area (Å²) in [6.45, 7) is 2.47. The molecule has 3 nitrogen and oxygen atoms in total. The fraction of sp³-hybridized carbons (Fsp3) is 0.118. The van der Waals surface area contributed by atoms with Crippen LogP contribution < -0.4 is 10.1 Å². The Labute approximate surface area is 118 Å². The van der Waals surface area contributed by atoms with Crippen LogP contribution in [-0.2, 0) is 4.79 Å². The van der Waals surface area contributed by atoms with E-state index in [4.69, 9.17) is 4.74 Å². The van der Waals surface area contributed by atoms with Crippen molar-refractivity contribution < 1.29 is 9.53 Å². The van der Waals surface area contributed by atoms with E-state index >= 15 is 0 Å². The lowest BCUT2D eigenvalue weighted by Gasteiger charge is -2.09. The zero-order chi connectivity index (χ0) is 14.2. The Morgan fingerprint density at radius 2 is 1.80 bits per heavy atom. The van der Waals surface area contributed by atoms with E-state index in [0.717, 1.165) is 5.56 Å². The quantitative estimate of drug-likeness (QED) is 0.838. The molecule has 1 amide bonds. The molecule has 0 aliphatic heterocycles. The summed E-state index contributed by atoms with van der Waals surface area (Å²) < 4.78 is 5.46. The van der Waals surface area contributed by atoms with Crippen molar-refractivity contribution in [3.63, 3.8) is 0 Å². The number of nitrogens with one attached hydrogen (secondary N) is 1. The predicted molar refractivity (Wildman–Crippen MR) is 81.7 cm³/mol. The predicted octanol–water partition coefficient (Wildman–Crippen LogP) is 3.74. The molecular weight excluding hydrogens is 250 g/mol. The van der Waals surface area contributed by atoms with Crippen molar-refractivity contribution in [2.24, 2.45) is 0 Å². The second-order valence-electron chi connectivity index (χ2n) is 4.16. The van der Waals surface area contributed by atoms with Gasteiger partial charge in [0.05, 0.1) is 12.3 Å². The van der Waals surface area contributed by atoms with E-state index in [1.807, 2.05) is 61.5 Å². The smallest absolute Gasteiger partial charge is 0.248 e. The number of amides is 1. The van der Waals surface area contributed by atoms with Crippen molar-refractivity contribution in [1.82, 2.24) is 0 Å². The maximum Gasteiger partial charge on any atom is 0.248 e. The molecule has 0 saturated carbocycles. The molecule has 0 spiro atoms. The van der Waals surface area contributed by atoms with Crippen LogP contribution in [0.1, 0.15) is 12.5 Å². The first kappa shape index (κ1) is 13.9. The maximum atomic E-state index is 11.9. The summed E-state index contributed by atoms with van der Waals surface area (Å²) in [7, 11) is 0. The zero-order valence-electron chi connectivity index (χ0n) is 11.4. The molecule has 0 aliphatic rings. The van der Waals surface area contributed by atoms with Gasteiger partial charge in [0.15, 0.2) is 0 Å². The second kappa shape index (κ2) is 7.14. The monoisotopic (exact) mass is 267 g/mol. The van der Waals surface area contributed by atoms with Crippen LogP contribution in [0.2, 0.25) is 0 Å². The Bertz CT molecular complexity index is 591. The topological polar surface area (TPSA) is 38.3 Å². The minimum Gasteiger partial charge on any atom is -0.492 e. The van der Waals surface area contributed by atoms with E-state index in [2.05, 4.69) is 5.32 Å². The highest BCUT2D eigenvalue weighted by Crippen LogP contribution is 2.23. The molecule has 0 heterocycles. The van der Waals surface area contributed by atoms with Gasteiger partial charge in [0.25, 0.3) is 0 Å². The third-order valence-corrected chi connectivity index (χ3v) is 2.67. The van der Waals surface area contributed by atoms with E-state index in [9.17, 15) is 4.79 Å². The van der Waals surface area contributed by atoms with Crippen molar-refractivity contribution in [3.8, 4) is 5.75 Å². The number of hydrogen-bond donors (Lipinski definition) is 1. The Hall–Kier alpha value is -2.55. The number of anilines is 1. The molecule has 102 valence electrons. The number of rotatable bonds is 5. The number of benzene rings is 2. The summed E-state index contributed by atoms with van der Waals surface area (Å²) >= 11 is 0. The van der Waals surface area contributed by atoms with Crippen molar-refractivity contribution in [3.05, 3.63) is 66.2 Å². The first-order chi connectivity index (χ1) is 9.79. The van der Waals surface area contributed by atoms with Gasteiger partial charge < -0.3 is 10.1 Å². The average Bonchev–Trinajstić information content (AvgIpc) is 2.49. The van der Waals surface area contributed by atoms with Crippen LogP contribution in [0.4, 0.5) is 5.69 Å². The van der Waals surface area contributed by atoms with Gasteiger partial charge >= 0.3 is 0 Å². The van der Waals surface area contributed by atoms with Crippen LogP contribution in [-0.4, -0.2) is 12.5 Å². The summed E-state index contributed by atoms with van der Waals surface area (Å²) in [6, 6.07) is 17.1. The molecule has 2 aromatic carbocycles. The van der Waals surface area contributed by atoms with Gasteiger partial charge in [-0.3, -0.25) is 4.79 Å². The summed E-state index contributed by atoms with van der Waals surface area (Å²) in [6.07, 6.45) is 3.29. The highest BCUT2D eigenvalue weighted by Gasteiger charge is 2.04. The van der Waals surface area contributed by atoms with Crippen molar-refractivity contribution in [2.75, 3.05) is 11.9 Å². The molecule has 0 bridgehead atoms. The van der Waals surface area contributed by atoms with Gasteiger partial charge in [-0.05, 0) is 30.7 Å². The van der Waals surface area contributed by atoms with Gasteiger partial charge in [-0.25, -0.2) is 0 Å². The van der Waals surface area contributed by atoms with Gasteiger partial charge in [0.1, 0.15) is 5.75 Å².